The molecule has 0 spiro atoms. The summed E-state index contributed by atoms with van der Waals surface area (Å²) in [5.74, 6) is -0.299. The Kier molecular flexibility index (Phi) is 3.39. The maximum absolute atomic E-state index is 13.6. The Balaban J connectivity index is 2.28. The molecule has 1 aliphatic rings. The van der Waals surface area contributed by atoms with Gasteiger partial charge in [0.2, 0.25) is 0 Å². The van der Waals surface area contributed by atoms with E-state index >= 15 is 0 Å². The highest BCUT2D eigenvalue weighted by molar-refractivity contribution is 5.91. The number of benzene rings is 1. The second-order valence-corrected chi connectivity index (χ2v) is 5.59. The van der Waals surface area contributed by atoms with Crippen molar-refractivity contribution in [3.05, 3.63) is 23.5 Å². The molecule has 2 rings (SSSR count). The molecule has 0 fully saturated rings. The van der Waals surface area contributed by atoms with Crippen molar-refractivity contribution >= 4 is 17.5 Å². The summed E-state index contributed by atoms with van der Waals surface area (Å²) < 4.78 is 19.0. The Morgan fingerprint density at radius 1 is 1.42 bits per heavy atom. The maximum Gasteiger partial charge on any atom is 0.414 e. The predicted octanol–water partition coefficient (Wildman–Crippen LogP) is 3.17. The van der Waals surface area contributed by atoms with E-state index in [2.05, 4.69) is 5.32 Å². The van der Waals surface area contributed by atoms with Crippen molar-refractivity contribution in [2.75, 3.05) is 23.8 Å². The molecule has 1 amide bonds. The minimum atomic E-state index is -0.536. The fourth-order valence-corrected chi connectivity index (χ4v) is 2.11. The average molecular weight is 266 g/mol. The second kappa shape index (κ2) is 4.72. The van der Waals surface area contributed by atoms with Gasteiger partial charge in [0, 0.05) is 13.6 Å². The molecule has 19 heavy (non-hydrogen) atoms. The molecule has 0 atom stereocenters. The van der Waals surface area contributed by atoms with Crippen LogP contribution in [-0.2, 0) is 11.2 Å². The molecule has 1 aromatic carbocycles. The third kappa shape index (κ3) is 2.80. The first kappa shape index (κ1) is 13.6. The van der Waals surface area contributed by atoms with Crippen LogP contribution in [0.15, 0.2) is 12.1 Å². The van der Waals surface area contributed by atoms with Crippen LogP contribution in [0.4, 0.5) is 20.6 Å². The third-order valence-corrected chi connectivity index (χ3v) is 2.95. The second-order valence-electron chi connectivity index (χ2n) is 5.59. The van der Waals surface area contributed by atoms with Crippen LogP contribution in [-0.4, -0.2) is 25.3 Å². The topological polar surface area (TPSA) is 41.6 Å². The van der Waals surface area contributed by atoms with Gasteiger partial charge in [0.05, 0.1) is 11.4 Å². The summed E-state index contributed by atoms with van der Waals surface area (Å²) in [4.78, 5) is 13.7. The number of anilines is 2. The predicted molar refractivity (Wildman–Crippen MR) is 73.2 cm³/mol. The molecule has 0 aliphatic carbocycles. The van der Waals surface area contributed by atoms with Gasteiger partial charge < -0.3 is 10.1 Å². The quantitative estimate of drug-likeness (QED) is 0.849. The number of carbonyl (C=O) groups is 1. The molecule has 0 unspecified atom stereocenters. The van der Waals surface area contributed by atoms with Gasteiger partial charge in [-0.2, -0.15) is 0 Å². The van der Waals surface area contributed by atoms with Crippen molar-refractivity contribution < 1.29 is 13.9 Å². The van der Waals surface area contributed by atoms with Crippen molar-refractivity contribution in [3.63, 3.8) is 0 Å². The average Bonchev–Trinajstić information content (AvgIpc) is 2.68. The highest BCUT2D eigenvalue weighted by Gasteiger charge is 2.29. The van der Waals surface area contributed by atoms with Crippen LogP contribution in [0.3, 0.4) is 0 Å². The van der Waals surface area contributed by atoms with Gasteiger partial charge in [-0.1, -0.05) is 0 Å². The minimum Gasteiger partial charge on any atom is -0.443 e. The van der Waals surface area contributed by atoms with Gasteiger partial charge in [0.1, 0.15) is 11.4 Å². The summed E-state index contributed by atoms with van der Waals surface area (Å²) in [5, 5.41) is 2.78. The highest BCUT2D eigenvalue weighted by atomic mass is 19.1. The SMILES string of the molecule is CNc1cc2c(cc1F)CCN2C(=O)OC(C)(C)C. The molecule has 0 aromatic heterocycles. The number of hydrogen-bond donors (Lipinski definition) is 1. The summed E-state index contributed by atoms with van der Waals surface area (Å²) >= 11 is 0. The summed E-state index contributed by atoms with van der Waals surface area (Å²) in [7, 11) is 1.65. The van der Waals surface area contributed by atoms with E-state index in [1.165, 1.54) is 6.07 Å². The molecule has 0 saturated heterocycles. The van der Waals surface area contributed by atoms with Gasteiger partial charge in [-0.05, 0) is 44.9 Å². The zero-order valence-electron chi connectivity index (χ0n) is 11.7. The molecule has 1 aliphatic heterocycles. The van der Waals surface area contributed by atoms with Gasteiger partial charge in [-0.25, -0.2) is 9.18 Å². The van der Waals surface area contributed by atoms with E-state index in [-0.39, 0.29) is 11.9 Å². The zero-order chi connectivity index (χ0) is 14.2. The fraction of sp³-hybridized carbons (Fsp3) is 0.500. The number of amides is 1. The van der Waals surface area contributed by atoms with E-state index in [4.69, 9.17) is 4.74 Å². The molecule has 104 valence electrons. The lowest BCUT2D eigenvalue weighted by Gasteiger charge is -2.25. The third-order valence-electron chi connectivity index (χ3n) is 2.95. The zero-order valence-corrected chi connectivity index (χ0v) is 11.7. The number of fused-ring (bicyclic) bond motifs is 1. The van der Waals surface area contributed by atoms with Crippen LogP contribution >= 0.6 is 0 Å². The molecule has 1 aromatic rings. The number of hydrogen-bond acceptors (Lipinski definition) is 3. The van der Waals surface area contributed by atoms with Gasteiger partial charge in [-0.3, -0.25) is 4.90 Å². The Labute approximate surface area is 112 Å². The first-order valence-electron chi connectivity index (χ1n) is 6.32. The number of nitrogens with zero attached hydrogens (tertiary/aromatic N) is 1. The Hall–Kier alpha value is -1.78. The maximum atomic E-state index is 13.6. The molecular formula is C14H19FN2O2. The van der Waals surface area contributed by atoms with Gasteiger partial charge >= 0.3 is 6.09 Å². The smallest absolute Gasteiger partial charge is 0.414 e. The van der Waals surface area contributed by atoms with E-state index in [1.807, 2.05) is 20.8 Å². The standard InChI is InChI=1S/C14H19FN2O2/c1-14(2,3)19-13(18)17-6-5-9-7-10(15)11(16-4)8-12(9)17/h7-8,16H,5-6H2,1-4H3. The van der Waals surface area contributed by atoms with E-state index in [9.17, 15) is 9.18 Å². The summed E-state index contributed by atoms with van der Waals surface area (Å²) in [5.41, 5.74) is 1.41. The van der Waals surface area contributed by atoms with Crippen LogP contribution in [0.25, 0.3) is 0 Å². The van der Waals surface area contributed by atoms with Gasteiger partial charge in [0.25, 0.3) is 0 Å². The van der Waals surface area contributed by atoms with Crippen molar-refractivity contribution in [1.29, 1.82) is 0 Å². The normalized spacial score (nSPS) is 14.3. The summed E-state index contributed by atoms with van der Waals surface area (Å²) in [6, 6.07) is 3.13. The van der Waals surface area contributed by atoms with Crippen LogP contribution < -0.4 is 10.2 Å². The highest BCUT2D eigenvalue weighted by Crippen LogP contribution is 2.33. The largest absolute Gasteiger partial charge is 0.443 e. The molecule has 0 bridgehead atoms. The molecule has 0 radical (unpaired) electrons. The Morgan fingerprint density at radius 3 is 2.68 bits per heavy atom. The van der Waals surface area contributed by atoms with Crippen LogP contribution in [0, 0.1) is 5.82 Å². The monoisotopic (exact) mass is 266 g/mol. The Morgan fingerprint density at radius 2 is 2.11 bits per heavy atom. The van der Waals surface area contributed by atoms with Gasteiger partial charge in [0.15, 0.2) is 0 Å². The van der Waals surface area contributed by atoms with E-state index in [0.29, 0.717) is 18.7 Å². The molecule has 1 N–H and O–H groups in total. The molecule has 0 saturated carbocycles. The van der Waals surface area contributed by atoms with Gasteiger partial charge in [-0.15, -0.1) is 0 Å². The molecule has 4 nitrogen and oxygen atoms in total. The van der Waals surface area contributed by atoms with Crippen molar-refractivity contribution in [2.45, 2.75) is 32.8 Å². The lowest BCUT2D eigenvalue weighted by atomic mass is 10.1. The first-order valence-corrected chi connectivity index (χ1v) is 6.32. The number of ether oxygens (including phenoxy) is 1. The first-order chi connectivity index (χ1) is 8.81. The minimum absolute atomic E-state index is 0.299. The number of rotatable bonds is 1. The van der Waals surface area contributed by atoms with Crippen molar-refractivity contribution in [3.8, 4) is 0 Å². The van der Waals surface area contributed by atoms with E-state index in [1.54, 1.807) is 18.0 Å². The molecule has 5 heteroatoms. The lowest BCUT2D eigenvalue weighted by Crippen LogP contribution is -2.35. The number of carbonyl (C=O) groups excluding carboxylic acids is 1. The molecule has 1 heterocycles. The van der Waals surface area contributed by atoms with Crippen LogP contribution in [0.1, 0.15) is 26.3 Å². The van der Waals surface area contributed by atoms with E-state index in [0.717, 1.165) is 11.3 Å². The molecular weight excluding hydrogens is 247 g/mol. The summed E-state index contributed by atoms with van der Waals surface area (Å²) in [6.45, 7) is 6.00. The summed E-state index contributed by atoms with van der Waals surface area (Å²) in [6.07, 6.45) is 0.259. The van der Waals surface area contributed by atoms with Crippen molar-refractivity contribution in [2.24, 2.45) is 0 Å². The van der Waals surface area contributed by atoms with Crippen molar-refractivity contribution in [1.82, 2.24) is 0 Å². The fourth-order valence-electron chi connectivity index (χ4n) is 2.11. The number of halogens is 1. The van der Waals surface area contributed by atoms with E-state index < -0.39 is 5.60 Å². The lowest BCUT2D eigenvalue weighted by molar-refractivity contribution is 0.0584. The van der Waals surface area contributed by atoms with Crippen LogP contribution in [0.5, 0.6) is 0 Å². The Bertz CT molecular complexity index is 509. The van der Waals surface area contributed by atoms with Crippen LogP contribution in [0.2, 0.25) is 0 Å². The number of nitrogens with one attached hydrogen (secondary N) is 1.